The first-order valence-corrected chi connectivity index (χ1v) is 10.4. The van der Waals surface area contributed by atoms with Crippen LogP contribution in [0, 0.1) is 0 Å². The first kappa shape index (κ1) is 18.5. The van der Waals surface area contributed by atoms with Crippen LogP contribution in [0.4, 0.5) is 5.00 Å². The molecule has 1 aliphatic heterocycles. The van der Waals surface area contributed by atoms with Crippen LogP contribution in [-0.2, 0) is 11.3 Å². The van der Waals surface area contributed by atoms with Crippen molar-refractivity contribution >= 4 is 55.4 Å². The van der Waals surface area contributed by atoms with Crippen molar-refractivity contribution in [2.24, 2.45) is 5.73 Å². The summed E-state index contributed by atoms with van der Waals surface area (Å²) in [6.07, 6.45) is 0. The van der Waals surface area contributed by atoms with Crippen molar-refractivity contribution in [3.63, 3.8) is 0 Å². The minimum Gasteiger partial charge on any atom is -0.366 e. The highest BCUT2D eigenvalue weighted by molar-refractivity contribution is 9.11. The van der Waals surface area contributed by atoms with E-state index in [1.807, 2.05) is 0 Å². The summed E-state index contributed by atoms with van der Waals surface area (Å²) in [6.45, 7) is 4.87. The van der Waals surface area contributed by atoms with E-state index >= 15 is 0 Å². The number of nitrogens with zero attached hydrogens (tertiary/aromatic N) is 2. The van der Waals surface area contributed by atoms with Gasteiger partial charge in [0, 0.05) is 37.6 Å². The molecule has 0 bridgehead atoms. The fourth-order valence-electron chi connectivity index (χ4n) is 2.73. The highest BCUT2D eigenvalue weighted by atomic mass is 79.9. The Labute approximate surface area is 162 Å². The summed E-state index contributed by atoms with van der Waals surface area (Å²) in [7, 11) is 0. The van der Waals surface area contributed by atoms with Crippen molar-refractivity contribution in [1.82, 2.24) is 9.80 Å². The van der Waals surface area contributed by atoms with E-state index in [4.69, 9.17) is 5.73 Å². The van der Waals surface area contributed by atoms with Gasteiger partial charge in [0.15, 0.2) is 0 Å². The number of nitrogens with two attached hydrogens (primary N) is 1. The molecule has 2 amide bonds. The minimum absolute atomic E-state index is 0.111. The molecule has 0 aromatic carbocycles. The van der Waals surface area contributed by atoms with Crippen molar-refractivity contribution < 1.29 is 9.59 Å². The van der Waals surface area contributed by atoms with E-state index in [2.05, 4.69) is 43.2 Å². The van der Waals surface area contributed by atoms with E-state index < -0.39 is 5.91 Å². The summed E-state index contributed by atoms with van der Waals surface area (Å²) in [4.78, 5) is 29.4. The molecule has 1 saturated heterocycles. The van der Waals surface area contributed by atoms with Gasteiger partial charge in [-0.25, -0.2) is 0 Å². The molecule has 2 aromatic rings. The summed E-state index contributed by atoms with van der Waals surface area (Å²) in [5.74, 6) is -0.633. The Balaban J connectivity index is 1.44. The van der Waals surface area contributed by atoms with E-state index in [0.717, 1.165) is 36.5 Å². The number of thiophene rings is 2. The van der Waals surface area contributed by atoms with E-state index in [1.165, 1.54) is 16.2 Å². The first-order chi connectivity index (χ1) is 12.0. The lowest BCUT2D eigenvalue weighted by Gasteiger charge is -2.33. The van der Waals surface area contributed by atoms with E-state index in [-0.39, 0.29) is 5.91 Å². The number of hydrogen-bond donors (Lipinski definition) is 2. The number of halogens is 1. The third-order valence-corrected chi connectivity index (χ3v) is 6.46. The standard InChI is InChI=1S/C16H19BrN4O2S2/c17-13-2-1-11(25-13)9-20-4-6-21(7-5-20)10-14(22)19-16-12(15(18)23)3-8-24-16/h1-3,8H,4-7,9-10H2,(H2,18,23)(H,19,22). The van der Waals surface area contributed by atoms with E-state index in [1.54, 1.807) is 22.8 Å². The quantitative estimate of drug-likeness (QED) is 0.719. The first-order valence-electron chi connectivity index (χ1n) is 7.87. The molecular weight excluding hydrogens is 424 g/mol. The molecule has 3 N–H and O–H groups in total. The molecule has 6 nitrogen and oxygen atoms in total. The average molecular weight is 443 g/mol. The van der Waals surface area contributed by atoms with Crippen LogP contribution in [0.3, 0.4) is 0 Å². The number of carbonyl (C=O) groups is 2. The van der Waals surface area contributed by atoms with Gasteiger partial charge in [0.2, 0.25) is 5.91 Å². The van der Waals surface area contributed by atoms with Crippen molar-refractivity contribution in [2.45, 2.75) is 6.54 Å². The Morgan fingerprint density at radius 2 is 1.88 bits per heavy atom. The van der Waals surface area contributed by atoms with E-state index in [0.29, 0.717) is 17.1 Å². The average Bonchev–Trinajstić information content (AvgIpc) is 3.18. The van der Waals surface area contributed by atoms with Crippen LogP contribution in [0.25, 0.3) is 0 Å². The normalized spacial score (nSPS) is 16.0. The highest BCUT2D eigenvalue weighted by Crippen LogP contribution is 2.24. The van der Waals surface area contributed by atoms with Gasteiger partial charge in [0.05, 0.1) is 15.9 Å². The van der Waals surface area contributed by atoms with E-state index in [9.17, 15) is 9.59 Å². The number of hydrogen-bond acceptors (Lipinski definition) is 6. The van der Waals surface area contributed by atoms with Crippen LogP contribution in [0.15, 0.2) is 27.4 Å². The Hall–Kier alpha value is -1.26. The maximum Gasteiger partial charge on any atom is 0.251 e. The van der Waals surface area contributed by atoms with Crippen LogP contribution in [-0.4, -0.2) is 54.3 Å². The third kappa shape index (κ3) is 5.11. The zero-order valence-electron chi connectivity index (χ0n) is 13.5. The molecular formula is C16H19BrN4O2S2. The number of piperazine rings is 1. The van der Waals surface area contributed by atoms with Crippen LogP contribution < -0.4 is 11.1 Å². The predicted octanol–water partition coefficient (Wildman–Crippen LogP) is 2.43. The largest absolute Gasteiger partial charge is 0.366 e. The van der Waals surface area contributed by atoms with Gasteiger partial charge >= 0.3 is 0 Å². The minimum atomic E-state index is -0.523. The topological polar surface area (TPSA) is 78.7 Å². The zero-order chi connectivity index (χ0) is 17.8. The van der Waals surface area contributed by atoms with Crippen LogP contribution in [0.1, 0.15) is 15.2 Å². The lowest BCUT2D eigenvalue weighted by Crippen LogP contribution is -2.48. The molecule has 3 heterocycles. The molecule has 0 spiro atoms. The molecule has 3 rings (SSSR count). The van der Waals surface area contributed by atoms with Gasteiger partial charge in [0.25, 0.3) is 5.91 Å². The van der Waals surface area contributed by atoms with Crippen LogP contribution in [0.5, 0.6) is 0 Å². The Bertz CT molecular complexity index is 753. The summed E-state index contributed by atoms with van der Waals surface area (Å²) in [5.41, 5.74) is 5.66. The van der Waals surface area contributed by atoms with Gasteiger partial charge in [-0.05, 0) is 39.5 Å². The molecule has 0 unspecified atom stereocenters. The molecule has 1 fully saturated rings. The molecule has 1 aliphatic rings. The lowest BCUT2D eigenvalue weighted by atomic mass is 10.3. The molecule has 0 saturated carbocycles. The predicted molar refractivity (Wildman–Crippen MR) is 105 cm³/mol. The van der Waals surface area contributed by atoms with Gasteiger partial charge in [-0.15, -0.1) is 22.7 Å². The monoisotopic (exact) mass is 442 g/mol. The Kier molecular flexibility index (Phi) is 6.24. The van der Waals surface area contributed by atoms with Crippen molar-refractivity contribution in [3.8, 4) is 0 Å². The van der Waals surface area contributed by atoms with Crippen LogP contribution in [0.2, 0.25) is 0 Å². The zero-order valence-corrected chi connectivity index (χ0v) is 16.8. The van der Waals surface area contributed by atoms with Gasteiger partial charge < -0.3 is 11.1 Å². The molecule has 134 valence electrons. The van der Waals surface area contributed by atoms with Crippen molar-refractivity contribution in [2.75, 3.05) is 38.0 Å². The molecule has 25 heavy (non-hydrogen) atoms. The summed E-state index contributed by atoms with van der Waals surface area (Å²) in [6, 6.07) is 5.85. The second kappa shape index (κ2) is 8.41. The number of amides is 2. The second-order valence-electron chi connectivity index (χ2n) is 5.83. The molecule has 0 radical (unpaired) electrons. The maximum absolute atomic E-state index is 12.2. The third-order valence-electron chi connectivity index (χ3n) is 4.02. The molecule has 0 aliphatic carbocycles. The van der Waals surface area contributed by atoms with Gasteiger partial charge in [-0.1, -0.05) is 0 Å². The number of rotatable bonds is 6. The highest BCUT2D eigenvalue weighted by Gasteiger charge is 2.20. The summed E-state index contributed by atoms with van der Waals surface area (Å²) >= 11 is 6.56. The lowest BCUT2D eigenvalue weighted by molar-refractivity contribution is -0.117. The van der Waals surface area contributed by atoms with Gasteiger partial charge in [0.1, 0.15) is 5.00 Å². The SMILES string of the molecule is NC(=O)c1ccsc1NC(=O)CN1CCN(Cc2ccc(Br)s2)CC1. The Morgan fingerprint density at radius 1 is 1.16 bits per heavy atom. The Morgan fingerprint density at radius 3 is 2.52 bits per heavy atom. The summed E-state index contributed by atoms with van der Waals surface area (Å²) < 4.78 is 1.15. The maximum atomic E-state index is 12.2. The van der Waals surface area contributed by atoms with Gasteiger partial charge in [-0.3, -0.25) is 19.4 Å². The number of carbonyl (C=O) groups excluding carboxylic acids is 2. The molecule has 2 aromatic heterocycles. The molecule has 9 heteroatoms. The van der Waals surface area contributed by atoms with Crippen LogP contribution >= 0.6 is 38.6 Å². The number of nitrogens with one attached hydrogen (secondary N) is 1. The molecule has 0 atom stereocenters. The number of primary amides is 1. The summed E-state index contributed by atoms with van der Waals surface area (Å²) in [5, 5.41) is 5.07. The second-order valence-corrected chi connectivity index (χ2v) is 9.30. The number of anilines is 1. The smallest absolute Gasteiger partial charge is 0.251 e. The van der Waals surface area contributed by atoms with Gasteiger partial charge in [-0.2, -0.15) is 0 Å². The fraction of sp³-hybridized carbons (Fsp3) is 0.375. The van der Waals surface area contributed by atoms with Crippen molar-refractivity contribution in [1.29, 1.82) is 0 Å². The van der Waals surface area contributed by atoms with Crippen molar-refractivity contribution in [3.05, 3.63) is 37.8 Å². The fourth-order valence-corrected chi connectivity index (χ4v) is 5.07.